The summed E-state index contributed by atoms with van der Waals surface area (Å²) in [5.74, 6) is -0.328. The Hall–Kier alpha value is -0.290. The molecule has 0 heterocycles. The maximum absolute atomic E-state index is 10.7. The van der Waals surface area contributed by atoms with Gasteiger partial charge in [0.25, 0.3) is 0 Å². The molecule has 0 unspecified atom stereocenters. The van der Waals surface area contributed by atoms with E-state index in [0.717, 1.165) is 12.8 Å². The zero-order valence-corrected chi connectivity index (χ0v) is 9.33. The van der Waals surface area contributed by atoms with Gasteiger partial charge < -0.3 is 10.4 Å². The third-order valence-corrected chi connectivity index (χ3v) is 2.11. The van der Waals surface area contributed by atoms with E-state index < -0.39 is 12.0 Å². The minimum atomic E-state index is -0.868. The zero-order valence-electron chi connectivity index (χ0n) is 7.62. The predicted octanol–water partition coefficient (Wildman–Crippen LogP) is 1.48. The largest absolute Gasteiger partial charge is 0.480 e. The van der Waals surface area contributed by atoms with Crippen LogP contribution in [0.15, 0.2) is 0 Å². The molecule has 0 radical (unpaired) electrons. The standard InChI is InChI=1S/C8H15NO2S2/c1-2-3-7(13)9-6(4-5-12)8(10)11/h6,12H,2-5H2,1H3,(H,9,13)(H,10,11)/t6-/m0/s1. The summed E-state index contributed by atoms with van der Waals surface area (Å²) in [7, 11) is 0. The van der Waals surface area contributed by atoms with Crippen LogP contribution in [0.3, 0.4) is 0 Å². The Morgan fingerprint density at radius 3 is 2.69 bits per heavy atom. The van der Waals surface area contributed by atoms with Crippen molar-refractivity contribution in [2.75, 3.05) is 5.75 Å². The number of carbonyl (C=O) groups is 1. The number of carboxylic acids is 1. The van der Waals surface area contributed by atoms with Crippen molar-refractivity contribution < 1.29 is 9.90 Å². The van der Waals surface area contributed by atoms with E-state index in [1.54, 1.807) is 0 Å². The minimum absolute atomic E-state index is 0.488. The Morgan fingerprint density at radius 1 is 1.69 bits per heavy atom. The smallest absolute Gasteiger partial charge is 0.326 e. The Morgan fingerprint density at radius 2 is 2.31 bits per heavy atom. The monoisotopic (exact) mass is 221 g/mol. The maximum Gasteiger partial charge on any atom is 0.326 e. The molecule has 0 bridgehead atoms. The summed E-state index contributed by atoms with van der Waals surface area (Å²) in [4.78, 5) is 11.3. The summed E-state index contributed by atoms with van der Waals surface area (Å²) >= 11 is 8.95. The number of hydrogen-bond acceptors (Lipinski definition) is 3. The van der Waals surface area contributed by atoms with Gasteiger partial charge in [-0.15, -0.1) is 0 Å². The molecule has 0 aromatic carbocycles. The summed E-state index contributed by atoms with van der Waals surface area (Å²) in [6, 6.07) is -0.587. The van der Waals surface area contributed by atoms with Crippen LogP contribution >= 0.6 is 24.8 Å². The SMILES string of the molecule is CCCC(=S)N[C@@H](CCS)C(=O)O. The highest BCUT2D eigenvalue weighted by atomic mass is 32.1. The molecule has 76 valence electrons. The molecule has 0 aromatic rings. The minimum Gasteiger partial charge on any atom is -0.480 e. The van der Waals surface area contributed by atoms with Crippen molar-refractivity contribution >= 4 is 35.8 Å². The van der Waals surface area contributed by atoms with E-state index in [0.29, 0.717) is 17.2 Å². The molecule has 1 atom stereocenters. The van der Waals surface area contributed by atoms with Crippen LogP contribution in [-0.2, 0) is 4.79 Å². The molecule has 0 aromatic heterocycles. The highest BCUT2D eigenvalue weighted by Crippen LogP contribution is 1.98. The first kappa shape index (κ1) is 12.7. The van der Waals surface area contributed by atoms with Crippen molar-refractivity contribution in [1.82, 2.24) is 5.32 Å². The first-order valence-corrected chi connectivity index (χ1v) is 5.29. The number of hydrogen-bond donors (Lipinski definition) is 3. The number of nitrogens with one attached hydrogen (secondary N) is 1. The Kier molecular flexibility index (Phi) is 6.99. The van der Waals surface area contributed by atoms with Gasteiger partial charge in [-0.05, 0) is 25.0 Å². The quantitative estimate of drug-likeness (QED) is 0.470. The number of aliphatic carboxylic acids is 1. The average molecular weight is 221 g/mol. The van der Waals surface area contributed by atoms with Crippen molar-refractivity contribution in [2.45, 2.75) is 32.2 Å². The van der Waals surface area contributed by atoms with E-state index in [2.05, 4.69) is 17.9 Å². The second kappa shape index (κ2) is 7.15. The van der Waals surface area contributed by atoms with Gasteiger partial charge >= 0.3 is 5.97 Å². The van der Waals surface area contributed by atoms with E-state index in [4.69, 9.17) is 17.3 Å². The van der Waals surface area contributed by atoms with Gasteiger partial charge in [-0.1, -0.05) is 19.1 Å². The highest BCUT2D eigenvalue weighted by molar-refractivity contribution is 7.80. The van der Waals surface area contributed by atoms with Crippen molar-refractivity contribution in [2.24, 2.45) is 0 Å². The van der Waals surface area contributed by atoms with E-state index in [1.807, 2.05) is 6.92 Å². The second-order valence-electron chi connectivity index (χ2n) is 2.72. The van der Waals surface area contributed by atoms with Gasteiger partial charge in [-0.3, -0.25) is 0 Å². The number of carboxylic acid groups (broad SMARTS) is 1. The maximum atomic E-state index is 10.7. The van der Waals surface area contributed by atoms with Crippen LogP contribution in [0.4, 0.5) is 0 Å². The lowest BCUT2D eigenvalue weighted by atomic mass is 10.2. The normalized spacial score (nSPS) is 12.2. The van der Waals surface area contributed by atoms with Gasteiger partial charge in [0.2, 0.25) is 0 Å². The van der Waals surface area contributed by atoms with Gasteiger partial charge in [-0.2, -0.15) is 12.6 Å². The molecule has 2 N–H and O–H groups in total. The van der Waals surface area contributed by atoms with Gasteiger partial charge in [-0.25, -0.2) is 4.79 Å². The first-order chi connectivity index (χ1) is 6.11. The van der Waals surface area contributed by atoms with E-state index in [1.165, 1.54) is 0 Å². The first-order valence-electron chi connectivity index (χ1n) is 4.24. The fraction of sp³-hybridized carbons (Fsp3) is 0.750. The molecule has 0 spiro atoms. The molecule has 0 amide bonds. The third kappa shape index (κ3) is 5.87. The number of rotatable bonds is 6. The highest BCUT2D eigenvalue weighted by Gasteiger charge is 2.16. The molecule has 0 aliphatic heterocycles. The molecule has 0 rings (SSSR count). The summed E-state index contributed by atoms with van der Waals surface area (Å²) in [5.41, 5.74) is 0. The Labute approximate surface area is 89.3 Å². The number of thiocarbonyl (C=S) groups is 1. The molecule has 0 fully saturated rings. The summed E-state index contributed by atoms with van der Waals surface area (Å²) in [6.45, 7) is 2.00. The van der Waals surface area contributed by atoms with Crippen LogP contribution in [0, 0.1) is 0 Å². The third-order valence-electron chi connectivity index (χ3n) is 1.53. The van der Waals surface area contributed by atoms with Gasteiger partial charge in [0.1, 0.15) is 6.04 Å². The lowest BCUT2D eigenvalue weighted by Gasteiger charge is -2.14. The Bertz CT molecular complexity index is 185. The van der Waals surface area contributed by atoms with Crippen LogP contribution in [0.2, 0.25) is 0 Å². The van der Waals surface area contributed by atoms with Gasteiger partial charge in [0.05, 0.1) is 4.99 Å². The predicted molar refractivity (Wildman–Crippen MR) is 60.5 cm³/mol. The van der Waals surface area contributed by atoms with Crippen LogP contribution in [0.25, 0.3) is 0 Å². The van der Waals surface area contributed by atoms with E-state index in [-0.39, 0.29) is 0 Å². The number of thiol groups is 1. The lowest BCUT2D eigenvalue weighted by Crippen LogP contribution is -2.40. The average Bonchev–Trinajstić information content (AvgIpc) is 2.04. The van der Waals surface area contributed by atoms with Crippen LogP contribution in [0.5, 0.6) is 0 Å². The molecule has 0 aliphatic carbocycles. The molecule has 5 heteroatoms. The Balaban J connectivity index is 3.94. The topological polar surface area (TPSA) is 49.3 Å². The summed E-state index contributed by atoms with van der Waals surface area (Å²) in [6.07, 6.45) is 2.16. The molecule has 0 saturated carbocycles. The van der Waals surface area contributed by atoms with Gasteiger partial charge in [0.15, 0.2) is 0 Å². The summed E-state index contributed by atoms with van der Waals surface area (Å²) < 4.78 is 0. The lowest BCUT2D eigenvalue weighted by molar-refractivity contribution is -0.139. The second-order valence-corrected chi connectivity index (χ2v) is 3.66. The molecule has 3 nitrogen and oxygen atoms in total. The molecular formula is C8H15NO2S2. The zero-order chi connectivity index (χ0) is 10.3. The summed E-state index contributed by atoms with van der Waals surface area (Å²) in [5, 5.41) is 11.6. The molecule has 13 heavy (non-hydrogen) atoms. The van der Waals surface area contributed by atoms with E-state index >= 15 is 0 Å². The van der Waals surface area contributed by atoms with Gasteiger partial charge in [0, 0.05) is 0 Å². The fourth-order valence-corrected chi connectivity index (χ4v) is 1.48. The fourth-order valence-electron chi connectivity index (χ4n) is 0.880. The molecule has 0 saturated heterocycles. The van der Waals surface area contributed by atoms with Crippen LogP contribution < -0.4 is 5.32 Å². The molecular weight excluding hydrogens is 206 g/mol. The van der Waals surface area contributed by atoms with Crippen molar-refractivity contribution in [3.05, 3.63) is 0 Å². The van der Waals surface area contributed by atoms with Crippen molar-refractivity contribution in [1.29, 1.82) is 0 Å². The van der Waals surface area contributed by atoms with E-state index in [9.17, 15) is 4.79 Å². The van der Waals surface area contributed by atoms with Crippen LogP contribution in [0.1, 0.15) is 26.2 Å². The van der Waals surface area contributed by atoms with Crippen molar-refractivity contribution in [3.8, 4) is 0 Å². The van der Waals surface area contributed by atoms with Crippen molar-refractivity contribution in [3.63, 3.8) is 0 Å². The molecule has 0 aliphatic rings. The van der Waals surface area contributed by atoms with Crippen LogP contribution in [-0.4, -0.2) is 27.9 Å².